The Labute approximate surface area is 142 Å². The van der Waals surface area contributed by atoms with Gasteiger partial charge in [-0.2, -0.15) is 0 Å². The molecule has 0 aliphatic rings. The van der Waals surface area contributed by atoms with Crippen LogP contribution in [0.25, 0.3) is 16.7 Å². The minimum absolute atomic E-state index is 0.124. The SMILES string of the molecule is COc1ccc(Cn2c(=O)n3nc[nH+]c3c3cc(CO)cnc32)cc1. The van der Waals surface area contributed by atoms with E-state index in [-0.39, 0.29) is 12.3 Å². The molecule has 0 unspecified atom stereocenters. The largest absolute Gasteiger partial charge is 0.497 e. The number of hydrogen-bond donors (Lipinski definition) is 1. The van der Waals surface area contributed by atoms with Crippen LogP contribution in [-0.4, -0.2) is 31.4 Å². The van der Waals surface area contributed by atoms with Crippen LogP contribution >= 0.6 is 0 Å². The van der Waals surface area contributed by atoms with Gasteiger partial charge in [0.15, 0.2) is 5.65 Å². The molecule has 1 aromatic carbocycles. The highest BCUT2D eigenvalue weighted by Crippen LogP contribution is 2.17. The number of aromatic nitrogens is 5. The van der Waals surface area contributed by atoms with Gasteiger partial charge in [0.25, 0.3) is 12.0 Å². The maximum Gasteiger partial charge on any atom is 0.425 e. The van der Waals surface area contributed by atoms with Gasteiger partial charge in [0.05, 0.1) is 25.6 Å². The molecule has 8 heteroatoms. The highest BCUT2D eigenvalue weighted by molar-refractivity contribution is 5.87. The van der Waals surface area contributed by atoms with Crippen molar-refractivity contribution in [3.8, 4) is 5.75 Å². The molecule has 0 fully saturated rings. The third-order valence-corrected chi connectivity index (χ3v) is 4.11. The molecule has 0 saturated heterocycles. The molecule has 0 radical (unpaired) electrons. The van der Waals surface area contributed by atoms with Crippen molar-refractivity contribution in [1.82, 2.24) is 19.2 Å². The summed E-state index contributed by atoms with van der Waals surface area (Å²) in [5.74, 6) is 0.754. The van der Waals surface area contributed by atoms with E-state index in [1.807, 2.05) is 24.3 Å². The monoisotopic (exact) mass is 338 g/mol. The minimum atomic E-state index is -0.288. The fraction of sp³-hybridized carbons (Fsp3) is 0.176. The van der Waals surface area contributed by atoms with E-state index in [9.17, 15) is 9.90 Å². The number of hydrogen-bond acceptors (Lipinski definition) is 5. The molecule has 25 heavy (non-hydrogen) atoms. The Morgan fingerprint density at radius 2 is 2.04 bits per heavy atom. The molecule has 3 aromatic heterocycles. The molecule has 126 valence electrons. The standard InChI is InChI=1S/C17H15N5O3/c1-25-13-4-2-11(3-5-13)8-21-15-14(6-12(9-23)7-18-15)16-19-10-20-22(16)17(21)24/h2-7,10,23H,8-9H2,1H3/p+1. The number of ether oxygens (including phenoxy) is 1. The quantitative estimate of drug-likeness (QED) is 0.581. The lowest BCUT2D eigenvalue weighted by Gasteiger charge is -2.09. The first-order valence-electron chi connectivity index (χ1n) is 7.72. The van der Waals surface area contributed by atoms with Gasteiger partial charge in [0, 0.05) is 11.3 Å². The van der Waals surface area contributed by atoms with Gasteiger partial charge in [-0.1, -0.05) is 12.1 Å². The zero-order valence-corrected chi connectivity index (χ0v) is 13.5. The highest BCUT2D eigenvalue weighted by Gasteiger charge is 2.19. The molecule has 0 amide bonds. The molecule has 4 rings (SSSR count). The lowest BCUT2D eigenvalue weighted by atomic mass is 10.2. The molecule has 0 saturated carbocycles. The predicted octanol–water partition coefficient (Wildman–Crippen LogP) is 0.407. The number of aliphatic hydroxyl groups is 1. The molecular formula is C17H16N5O3+. The first-order valence-corrected chi connectivity index (χ1v) is 7.72. The summed E-state index contributed by atoms with van der Waals surface area (Å²) in [6.45, 7) is 0.224. The number of nitrogens with one attached hydrogen (secondary N) is 1. The molecule has 3 heterocycles. The summed E-state index contributed by atoms with van der Waals surface area (Å²) in [4.78, 5) is 20.2. The number of benzene rings is 1. The number of fused-ring (bicyclic) bond motifs is 3. The highest BCUT2D eigenvalue weighted by atomic mass is 16.5. The van der Waals surface area contributed by atoms with Gasteiger partial charge in [-0.05, 0) is 33.8 Å². The number of methoxy groups -OCH3 is 1. The summed E-state index contributed by atoms with van der Waals surface area (Å²) >= 11 is 0. The van der Waals surface area contributed by atoms with Crippen molar-refractivity contribution in [3.05, 3.63) is 64.5 Å². The van der Waals surface area contributed by atoms with E-state index < -0.39 is 0 Å². The van der Waals surface area contributed by atoms with Crippen LogP contribution in [-0.2, 0) is 13.2 Å². The lowest BCUT2D eigenvalue weighted by Crippen LogP contribution is -2.29. The second kappa shape index (κ2) is 5.99. The van der Waals surface area contributed by atoms with Gasteiger partial charge >= 0.3 is 5.69 Å². The van der Waals surface area contributed by atoms with Crippen molar-refractivity contribution in [2.75, 3.05) is 7.11 Å². The third-order valence-electron chi connectivity index (χ3n) is 4.11. The zero-order chi connectivity index (χ0) is 17.4. The summed E-state index contributed by atoms with van der Waals surface area (Å²) in [6, 6.07) is 9.30. The molecular weight excluding hydrogens is 322 g/mol. The van der Waals surface area contributed by atoms with Crippen LogP contribution in [0.5, 0.6) is 5.75 Å². The number of nitrogens with zero attached hydrogens (tertiary/aromatic N) is 4. The van der Waals surface area contributed by atoms with Crippen molar-refractivity contribution in [2.45, 2.75) is 13.2 Å². The van der Waals surface area contributed by atoms with Crippen LogP contribution in [0.2, 0.25) is 0 Å². The predicted molar refractivity (Wildman–Crippen MR) is 89.3 cm³/mol. The fourth-order valence-corrected chi connectivity index (χ4v) is 2.84. The molecule has 4 aromatic rings. The second-order valence-electron chi connectivity index (χ2n) is 5.64. The van der Waals surface area contributed by atoms with Gasteiger partial charge in [-0.15, -0.1) is 0 Å². The molecule has 8 nitrogen and oxygen atoms in total. The Morgan fingerprint density at radius 1 is 1.24 bits per heavy atom. The van der Waals surface area contributed by atoms with E-state index >= 15 is 0 Å². The van der Waals surface area contributed by atoms with Gasteiger partial charge in [0.2, 0.25) is 0 Å². The zero-order valence-electron chi connectivity index (χ0n) is 13.5. The summed E-state index contributed by atoms with van der Waals surface area (Å²) in [5.41, 5.74) is 2.39. The van der Waals surface area contributed by atoms with E-state index in [0.717, 1.165) is 16.7 Å². The van der Waals surface area contributed by atoms with Crippen molar-refractivity contribution >= 4 is 16.7 Å². The van der Waals surface area contributed by atoms with Crippen LogP contribution in [0.15, 0.2) is 47.7 Å². The van der Waals surface area contributed by atoms with Crippen LogP contribution in [0.4, 0.5) is 0 Å². The first-order chi connectivity index (χ1) is 12.2. The van der Waals surface area contributed by atoms with Crippen LogP contribution in [0.1, 0.15) is 11.1 Å². The van der Waals surface area contributed by atoms with Gasteiger partial charge in [-0.3, -0.25) is 4.57 Å². The number of aromatic amines is 1. The number of H-pyrrole nitrogens is 1. The van der Waals surface area contributed by atoms with E-state index in [1.54, 1.807) is 23.9 Å². The number of pyridine rings is 1. The van der Waals surface area contributed by atoms with Crippen molar-refractivity contribution < 1.29 is 14.8 Å². The van der Waals surface area contributed by atoms with Crippen molar-refractivity contribution in [2.24, 2.45) is 0 Å². The Morgan fingerprint density at radius 3 is 2.76 bits per heavy atom. The van der Waals surface area contributed by atoms with E-state index in [4.69, 9.17) is 4.74 Å². The van der Waals surface area contributed by atoms with Gasteiger partial charge in [-0.25, -0.2) is 14.8 Å². The molecule has 0 spiro atoms. The fourth-order valence-electron chi connectivity index (χ4n) is 2.84. The maximum absolute atomic E-state index is 12.8. The van der Waals surface area contributed by atoms with Crippen molar-refractivity contribution in [3.63, 3.8) is 0 Å². The summed E-state index contributed by atoms with van der Waals surface area (Å²) in [7, 11) is 1.61. The normalized spacial score (nSPS) is 11.3. The summed E-state index contributed by atoms with van der Waals surface area (Å²) in [6.07, 6.45) is 3.03. The Kier molecular flexibility index (Phi) is 3.66. The average Bonchev–Trinajstić information content (AvgIpc) is 3.15. The summed E-state index contributed by atoms with van der Waals surface area (Å²) in [5, 5.41) is 14.2. The van der Waals surface area contributed by atoms with E-state index in [2.05, 4.69) is 15.1 Å². The second-order valence-corrected chi connectivity index (χ2v) is 5.64. The lowest BCUT2D eigenvalue weighted by molar-refractivity contribution is -0.345. The van der Waals surface area contributed by atoms with Gasteiger partial charge in [0.1, 0.15) is 5.75 Å². The Hall–Kier alpha value is -3.26. The Bertz CT molecular complexity index is 1110. The van der Waals surface area contributed by atoms with Crippen LogP contribution in [0, 0.1) is 0 Å². The maximum atomic E-state index is 12.8. The van der Waals surface area contributed by atoms with Gasteiger partial charge < -0.3 is 9.84 Å². The minimum Gasteiger partial charge on any atom is -0.497 e. The smallest absolute Gasteiger partial charge is 0.425 e. The summed E-state index contributed by atoms with van der Waals surface area (Å²) < 4.78 is 8.03. The third kappa shape index (κ3) is 2.52. The van der Waals surface area contributed by atoms with Crippen molar-refractivity contribution in [1.29, 1.82) is 0 Å². The average molecular weight is 338 g/mol. The van der Waals surface area contributed by atoms with Crippen LogP contribution in [0.3, 0.4) is 0 Å². The Balaban J connectivity index is 1.94. The topological polar surface area (TPSA) is 95.8 Å². The number of aliphatic hydroxyl groups excluding tert-OH is 1. The molecule has 0 aliphatic heterocycles. The number of rotatable bonds is 4. The van der Waals surface area contributed by atoms with Crippen LogP contribution < -0.4 is 15.4 Å². The molecule has 2 N–H and O–H groups in total. The molecule has 0 bridgehead atoms. The van der Waals surface area contributed by atoms with E-state index in [0.29, 0.717) is 23.4 Å². The van der Waals surface area contributed by atoms with E-state index in [1.165, 1.54) is 10.8 Å². The molecule has 0 aliphatic carbocycles. The molecule has 0 atom stereocenters. The first kappa shape index (κ1) is 15.3.